The summed E-state index contributed by atoms with van der Waals surface area (Å²) in [4.78, 5) is 4.89. The summed E-state index contributed by atoms with van der Waals surface area (Å²) < 4.78 is 2.32. The van der Waals surface area contributed by atoms with Crippen LogP contribution in [0.5, 0.6) is 0 Å². The third-order valence-electron chi connectivity index (χ3n) is 6.87. The van der Waals surface area contributed by atoms with Gasteiger partial charge in [0.15, 0.2) is 0 Å². The molecule has 0 aliphatic carbocycles. The molecule has 32 heavy (non-hydrogen) atoms. The number of nitrogens with one attached hydrogen (secondary N) is 1. The average molecular weight is 422 g/mol. The minimum atomic E-state index is -0.468. The van der Waals surface area contributed by atoms with Gasteiger partial charge in [0.1, 0.15) is 5.54 Å². The molecular weight excluding hydrogens is 390 g/mol. The van der Waals surface area contributed by atoms with Crippen LogP contribution in [0, 0.1) is 5.92 Å². The normalized spacial score (nSPS) is 15.0. The van der Waals surface area contributed by atoms with Crippen molar-refractivity contribution in [2.75, 3.05) is 13.1 Å². The van der Waals surface area contributed by atoms with Gasteiger partial charge >= 0.3 is 0 Å². The van der Waals surface area contributed by atoms with Gasteiger partial charge in [-0.3, -0.25) is 0 Å². The Hall–Kier alpha value is -3.17. The van der Waals surface area contributed by atoms with Crippen molar-refractivity contribution in [3.63, 3.8) is 0 Å². The summed E-state index contributed by atoms with van der Waals surface area (Å²) in [6.07, 6.45) is 9.12. The van der Waals surface area contributed by atoms with Crippen LogP contribution in [0.4, 0.5) is 0 Å². The molecule has 2 heterocycles. The van der Waals surface area contributed by atoms with E-state index in [9.17, 15) is 0 Å². The number of hydrogen-bond acceptors (Lipinski definition) is 2. The summed E-state index contributed by atoms with van der Waals surface area (Å²) in [5, 5.41) is 3.47. The molecule has 0 radical (unpaired) electrons. The average Bonchev–Trinajstić information content (AvgIpc) is 3.35. The molecule has 1 aromatic heterocycles. The third kappa shape index (κ3) is 4.01. The van der Waals surface area contributed by atoms with Gasteiger partial charge in [0.25, 0.3) is 0 Å². The van der Waals surface area contributed by atoms with Crippen molar-refractivity contribution in [1.29, 1.82) is 0 Å². The van der Waals surface area contributed by atoms with Gasteiger partial charge in [0.05, 0.1) is 12.0 Å². The van der Waals surface area contributed by atoms with E-state index in [2.05, 4.69) is 107 Å². The lowest BCUT2D eigenvalue weighted by Gasteiger charge is -2.37. The van der Waals surface area contributed by atoms with Gasteiger partial charge in [0.2, 0.25) is 0 Å². The first kappa shape index (κ1) is 20.7. The summed E-state index contributed by atoms with van der Waals surface area (Å²) in [6, 6.07) is 32.4. The van der Waals surface area contributed by atoms with Crippen molar-refractivity contribution < 1.29 is 0 Å². The van der Waals surface area contributed by atoms with Crippen LogP contribution in [-0.2, 0) is 12.0 Å². The zero-order chi connectivity index (χ0) is 21.6. The number of nitrogens with zero attached hydrogens (tertiary/aromatic N) is 2. The second-order valence-electron chi connectivity index (χ2n) is 8.81. The highest BCUT2D eigenvalue weighted by atomic mass is 15.1. The lowest BCUT2D eigenvalue weighted by Crippen LogP contribution is -2.36. The zero-order valence-corrected chi connectivity index (χ0v) is 18.5. The Labute approximate surface area is 191 Å². The standard InChI is InChI=1S/C29H31N3/c1-4-10-25(11-5-1)29(26-12-6-2-7-13-26,27-14-8-3-9-15-27)32-22-28(31-23-32)17-16-24-18-20-30-21-19-24/h1-15,22-24,30H,16-21H2. The highest BCUT2D eigenvalue weighted by Gasteiger charge is 2.38. The molecule has 0 atom stereocenters. The predicted molar refractivity (Wildman–Crippen MR) is 131 cm³/mol. The Morgan fingerprint density at radius 3 is 1.75 bits per heavy atom. The summed E-state index contributed by atoms with van der Waals surface area (Å²) >= 11 is 0. The van der Waals surface area contributed by atoms with E-state index in [1.165, 1.54) is 41.6 Å². The third-order valence-corrected chi connectivity index (χ3v) is 6.87. The molecule has 0 saturated carbocycles. The Morgan fingerprint density at radius 1 is 0.750 bits per heavy atom. The highest BCUT2D eigenvalue weighted by molar-refractivity contribution is 5.50. The molecule has 1 fully saturated rings. The van der Waals surface area contributed by atoms with E-state index in [4.69, 9.17) is 4.98 Å². The van der Waals surface area contributed by atoms with Crippen molar-refractivity contribution in [2.24, 2.45) is 5.92 Å². The molecule has 0 amide bonds. The van der Waals surface area contributed by atoms with Crippen LogP contribution < -0.4 is 5.32 Å². The molecule has 0 unspecified atom stereocenters. The lowest BCUT2D eigenvalue weighted by molar-refractivity contribution is 0.353. The molecule has 3 heteroatoms. The summed E-state index contributed by atoms with van der Waals surface area (Å²) in [5.41, 5.74) is 4.42. The molecule has 1 aliphatic heterocycles. The number of aryl methyl sites for hydroxylation is 1. The lowest BCUT2D eigenvalue weighted by atomic mass is 9.77. The minimum absolute atomic E-state index is 0.468. The van der Waals surface area contributed by atoms with Gasteiger partial charge in [-0.1, -0.05) is 91.0 Å². The number of rotatable bonds is 7. The van der Waals surface area contributed by atoms with Crippen LogP contribution in [0.15, 0.2) is 104 Å². The molecule has 1 aliphatic rings. The smallest absolute Gasteiger partial charge is 0.121 e. The maximum atomic E-state index is 4.89. The van der Waals surface area contributed by atoms with E-state index >= 15 is 0 Å². The second-order valence-corrected chi connectivity index (χ2v) is 8.81. The molecule has 0 spiro atoms. The molecule has 0 bridgehead atoms. The second kappa shape index (κ2) is 9.54. The number of benzene rings is 3. The largest absolute Gasteiger partial charge is 0.319 e. The summed E-state index contributed by atoms with van der Waals surface area (Å²) in [6.45, 7) is 2.30. The highest BCUT2D eigenvalue weighted by Crippen LogP contribution is 2.40. The van der Waals surface area contributed by atoms with Crippen molar-refractivity contribution in [3.05, 3.63) is 126 Å². The van der Waals surface area contributed by atoms with E-state index in [1.807, 2.05) is 6.33 Å². The van der Waals surface area contributed by atoms with Crippen LogP contribution in [-0.4, -0.2) is 22.6 Å². The SMILES string of the molecule is c1ccc(C(c2ccccc2)(c2ccccc2)n2cnc(CCC3CCNCC3)c2)cc1. The van der Waals surface area contributed by atoms with Crippen LogP contribution in [0.2, 0.25) is 0 Å². The molecule has 1 saturated heterocycles. The predicted octanol–water partition coefficient (Wildman–Crippen LogP) is 5.66. The Balaban J connectivity index is 1.60. The maximum absolute atomic E-state index is 4.89. The van der Waals surface area contributed by atoms with E-state index in [0.29, 0.717) is 0 Å². The molecule has 5 rings (SSSR count). The van der Waals surface area contributed by atoms with Crippen LogP contribution in [0.25, 0.3) is 0 Å². The summed E-state index contributed by atoms with van der Waals surface area (Å²) in [5.74, 6) is 0.809. The molecule has 4 aromatic rings. The number of piperidine rings is 1. The van der Waals surface area contributed by atoms with Crippen molar-refractivity contribution in [3.8, 4) is 0 Å². The van der Waals surface area contributed by atoms with Gasteiger partial charge < -0.3 is 9.88 Å². The molecule has 3 nitrogen and oxygen atoms in total. The topological polar surface area (TPSA) is 29.9 Å². The van der Waals surface area contributed by atoms with Crippen LogP contribution >= 0.6 is 0 Å². The maximum Gasteiger partial charge on any atom is 0.121 e. The fourth-order valence-electron chi connectivity index (χ4n) is 5.18. The number of imidazole rings is 1. The van der Waals surface area contributed by atoms with Crippen molar-refractivity contribution in [1.82, 2.24) is 14.9 Å². The fraction of sp³-hybridized carbons (Fsp3) is 0.276. The Bertz CT molecular complexity index is 1000. The monoisotopic (exact) mass is 421 g/mol. The van der Waals surface area contributed by atoms with Crippen molar-refractivity contribution in [2.45, 2.75) is 31.2 Å². The minimum Gasteiger partial charge on any atom is -0.319 e. The Morgan fingerprint density at radius 2 is 1.25 bits per heavy atom. The van der Waals surface area contributed by atoms with Gasteiger partial charge in [-0.2, -0.15) is 0 Å². The fourth-order valence-corrected chi connectivity index (χ4v) is 5.18. The van der Waals surface area contributed by atoms with Gasteiger partial charge in [-0.15, -0.1) is 0 Å². The van der Waals surface area contributed by atoms with E-state index in [0.717, 1.165) is 25.4 Å². The number of hydrogen-bond donors (Lipinski definition) is 1. The van der Waals surface area contributed by atoms with Crippen molar-refractivity contribution >= 4 is 0 Å². The summed E-state index contributed by atoms with van der Waals surface area (Å²) in [7, 11) is 0. The zero-order valence-electron chi connectivity index (χ0n) is 18.5. The van der Waals surface area contributed by atoms with E-state index in [1.54, 1.807) is 0 Å². The first-order valence-electron chi connectivity index (χ1n) is 11.8. The van der Waals surface area contributed by atoms with E-state index in [-0.39, 0.29) is 0 Å². The van der Waals surface area contributed by atoms with Gasteiger partial charge in [-0.05, 0) is 61.4 Å². The molecule has 1 N–H and O–H groups in total. The molecule has 3 aromatic carbocycles. The van der Waals surface area contributed by atoms with E-state index < -0.39 is 5.54 Å². The Kier molecular flexibility index (Phi) is 6.17. The first-order chi connectivity index (χ1) is 15.9. The molecular formula is C29H31N3. The van der Waals surface area contributed by atoms with Gasteiger partial charge in [-0.25, -0.2) is 4.98 Å². The first-order valence-corrected chi connectivity index (χ1v) is 11.8. The molecule has 162 valence electrons. The number of aromatic nitrogens is 2. The van der Waals surface area contributed by atoms with Crippen LogP contribution in [0.1, 0.15) is 41.6 Å². The van der Waals surface area contributed by atoms with Gasteiger partial charge in [0, 0.05) is 6.20 Å². The van der Waals surface area contributed by atoms with Crippen LogP contribution in [0.3, 0.4) is 0 Å². The quantitative estimate of drug-likeness (QED) is 0.391.